The fraction of sp³-hybridized carbons (Fsp3) is 0.200. The number of ether oxygens (including phenoxy) is 1. The molecule has 0 spiro atoms. The van der Waals surface area contributed by atoms with E-state index in [1.165, 1.54) is 18.2 Å². The van der Waals surface area contributed by atoms with Gasteiger partial charge in [0.1, 0.15) is 29.0 Å². The molecule has 2 aromatic rings. The molecule has 0 saturated heterocycles. The Bertz CT molecular complexity index is 596. The molecule has 0 saturated carbocycles. The zero-order valence-corrected chi connectivity index (χ0v) is 11.1. The maximum Gasteiger partial charge on any atom is 0.133 e. The molecule has 5 heteroatoms. The van der Waals surface area contributed by atoms with E-state index in [0.717, 1.165) is 18.2 Å². The van der Waals surface area contributed by atoms with Crippen LogP contribution in [0.5, 0.6) is 11.5 Å². The maximum absolute atomic E-state index is 13.3. The van der Waals surface area contributed by atoms with Crippen molar-refractivity contribution in [2.45, 2.75) is 13.0 Å². The van der Waals surface area contributed by atoms with Gasteiger partial charge in [-0.3, -0.25) is 0 Å². The molecule has 0 fully saturated rings. The maximum atomic E-state index is 13.3. The number of rotatable bonds is 4. The van der Waals surface area contributed by atoms with Crippen LogP contribution in [0.2, 0.25) is 0 Å². The molecule has 0 aliphatic heterocycles. The van der Waals surface area contributed by atoms with Crippen LogP contribution < -0.4 is 10.1 Å². The monoisotopic (exact) mass is 281 g/mol. The molecule has 0 radical (unpaired) electrons. The molecule has 0 aliphatic carbocycles. The number of benzene rings is 2. The van der Waals surface area contributed by atoms with Gasteiger partial charge in [-0.2, -0.15) is 0 Å². The second-order valence-electron chi connectivity index (χ2n) is 4.40. The summed E-state index contributed by atoms with van der Waals surface area (Å²) < 4.78 is 45.0. The van der Waals surface area contributed by atoms with E-state index in [4.69, 9.17) is 4.74 Å². The van der Waals surface area contributed by atoms with E-state index in [-0.39, 0.29) is 11.8 Å². The van der Waals surface area contributed by atoms with Gasteiger partial charge in [-0.05, 0) is 32.2 Å². The van der Waals surface area contributed by atoms with Gasteiger partial charge in [0.2, 0.25) is 0 Å². The van der Waals surface area contributed by atoms with Gasteiger partial charge in [0.25, 0.3) is 0 Å². The van der Waals surface area contributed by atoms with Crippen LogP contribution in [0.15, 0.2) is 36.4 Å². The van der Waals surface area contributed by atoms with Crippen LogP contribution in [-0.2, 0) is 0 Å². The Morgan fingerprint density at radius 1 is 0.950 bits per heavy atom. The van der Waals surface area contributed by atoms with Gasteiger partial charge in [-0.15, -0.1) is 0 Å². The van der Waals surface area contributed by atoms with Crippen molar-refractivity contribution in [3.8, 4) is 11.5 Å². The Balaban J connectivity index is 2.37. The van der Waals surface area contributed by atoms with Crippen LogP contribution in [0.4, 0.5) is 13.2 Å². The van der Waals surface area contributed by atoms with E-state index in [1.54, 1.807) is 7.05 Å². The molecule has 2 rings (SSSR count). The highest BCUT2D eigenvalue weighted by molar-refractivity contribution is 5.40. The second kappa shape index (κ2) is 5.96. The molecule has 2 nitrogen and oxygen atoms in total. The molecule has 1 atom stereocenters. The highest BCUT2D eigenvalue weighted by Gasteiger charge is 2.13. The summed E-state index contributed by atoms with van der Waals surface area (Å²) in [6, 6.07) is 6.72. The van der Waals surface area contributed by atoms with E-state index in [1.807, 2.05) is 6.92 Å². The summed E-state index contributed by atoms with van der Waals surface area (Å²) in [5.41, 5.74) is 0.567. The van der Waals surface area contributed by atoms with Crippen molar-refractivity contribution in [2.75, 3.05) is 7.05 Å². The topological polar surface area (TPSA) is 21.3 Å². The summed E-state index contributed by atoms with van der Waals surface area (Å²) in [5, 5.41) is 2.96. The fourth-order valence-electron chi connectivity index (χ4n) is 1.82. The van der Waals surface area contributed by atoms with E-state index >= 15 is 0 Å². The molecule has 1 unspecified atom stereocenters. The van der Waals surface area contributed by atoms with Crippen molar-refractivity contribution in [2.24, 2.45) is 0 Å². The van der Waals surface area contributed by atoms with Gasteiger partial charge in [0.15, 0.2) is 0 Å². The first kappa shape index (κ1) is 14.4. The van der Waals surface area contributed by atoms with Gasteiger partial charge in [-0.25, -0.2) is 13.2 Å². The summed E-state index contributed by atoms with van der Waals surface area (Å²) >= 11 is 0. The van der Waals surface area contributed by atoms with Gasteiger partial charge in [-0.1, -0.05) is 0 Å². The Morgan fingerprint density at radius 3 is 2.20 bits per heavy atom. The Kier molecular flexibility index (Phi) is 4.29. The minimum atomic E-state index is -0.731. The molecular weight excluding hydrogens is 267 g/mol. The number of halogens is 3. The van der Waals surface area contributed by atoms with Crippen molar-refractivity contribution < 1.29 is 17.9 Å². The lowest BCUT2D eigenvalue weighted by atomic mass is 10.1. The second-order valence-corrected chi connectivity index (χ2v) is 4.40. The first-order valence-corrected chi connectivity index (χ1v) is 6.10. The molecular formula is C15H14F3NO. The van der Waals surface area contributed by atoms with Crippen molar-refractivity contribution in [1.29, 1.82) is 0 Å². The van der Waals surface area contributed by atoms with Crippen LogP contribution in [-0.4, -0.2) is 7.05 Å². The smallest absolute Gasteiger partial charge is 0.133 e. The van der Waals surface area contributed by atoms with Crippen molar-refractivity contribution in [3.63, 3.8) is 0 Å². The predicted molar refractivity (Wildman–Crippen MR) is 70.3 cm³/mol. The lowest BCUT2D eigenvalue weighted by Gasteiger charge is -2.16. The Morgan fingerprint density at radius 2 is 1.60 bits per heavy atom. The first-order chi connectivity index (χ1) is 9.49. The summed E-state index contributed by atoms with van der Waals surface area (Å²) in [6.07, 6.45) is 0. The van der Waals surface area contributed by atoms with Crippen molar-refractivity contribution >= 4 is 0 Å². The quantitative estimate of drug-likeness (QED) is 0.908. The lowest BCUT2D eigenvalue weighted by molar-refractivity contribution is 0.452. The summed E-state index contributed by atoms with van der Waals surface area (Å²) in [7, 11) is 1.72. The highest BCUT2D eigenvalue weighted by atomic mass is 19.1. The third-order valence-corrected chi connectivity index (χ3v) is 2.94. The molecule has 0 heterocycles. The minimum Gasteiger partial charge on any atom is -0.457 e. The fourth-order valence-corrected chi connectivity index (χ4v) is 1.82. The van der Waals surface area contributed by atoms with Gasteiger partial charge in [0.05, 0.1) is 0 Å². The standard InChI is InChI=1S/C15H14F3NO/c1-9(19-2)14-8-10(16)3-4-15(14)20-13-6-11(17)5-12(18)7-13/h3-9,19H,1-2H3. The molecule has 0 aromatic heterocycles. The van der Waals surface area contributed by atoms with E-state index in [0.29, 0.717) is 11.3 Å². The van der Waals surface area contributed by atoms with Crippen LogP contribution >= 0.6 is 0 Å². The first-order valence-electron chi connectivity index (χ1n) is 6.10. The third kappa shape index (κ3) is 3.30. The molecule has 1 N–H and O–H groups in total. The van der Waals surface area contributed by atoms with Crippen molar-refractivity contribution in [3.05, 3.63) is 59.4 Å². The minimum absolute atomic E-state index is 0.0265. The van der Waals surface area contributed by atoms with E-state index in [2.05, 4.69) is 5.32 Å². The van der Waals surface area contributed by atoms with Crippen LogP contribution in [0.25, 0.3) is 0 Å². The van der Waals surface area contributed by atoms with Crippen LogP contribution in [0.3, 0.4) is 0 Å². The normalized spacial score (nSPS) is 12.2. The molecule has 20 heavy (non-hydrogen) atoms. The van der Waals surface area contributed by atoms with Crippen LogP contribution in [0, 0.1) is 17.5 Å². The molecule has 0 amide bonds. The average molecular weight is 281 g/mol. The molecule has 0 bridgehead atoms. The zero-order valence-electron chi connectivity index (χ0n) is 11.1. The summed E-state index contributed by atoms with van der Waals surface area (Å²) in [5.74, 6) is -1.49. The largest absolute Gasteiger partial charge is 0.457 e. The van der Waals surface area contributed by atoms with Gasteiger partial charge < -0.3 is 10.1 Å². The number of hydrogen-bond donors (Lipinski definition) is 1. The molecule has 106 valence electrons. The third-order valence-electron chi connectivity index (χ3n) is 2.94. The van der Waals surface area contributed by atoms with Gasteiger partial charge >= 0.3 is 0 Å². The van der Waals surface area contributed by atoms with Gasteiger partial charge in [0, 0.05) is 29.8 Å². The average Bonchev–Trinajstić information content (AvgIpc) is 2.38. The lowest BCUT2D eigenvalue weighted by Crippen LogP contribution is -2.13. The zero-order chi connectivity index (χ0) is 14.7. The summed E-state index contributed by atoms with van der Waals surface area (Å²) in [4.78, 5) is 0. The number of hydrogen-bond acceptors (Lipinski definition) is 2. The number of nitrogens with one attached hydrogen (secondary N) is 1. The summed E-state index contributed by atoms with van der Waals surface area (Å²) in [6.45, 7) is 1.83. The van der Waals surface area contributed by atoms with E-state index < -0.39 is 17.5 Å². The Labute approximate surface area is 115 Å². The molecule has 0 aliphatic rings. The Hall–Kier alpha value is -2.01. The SMILES string of the molecule is CNC(C)c1cc(F)ccc1Oc1cc(F)cc(F)c1. The van der Waals surface area contributed by atoms with Crippen LogP contribution in [0.1, 0.15) is 18.5 Å². The molecule has 2 aromatic carbocycles. The predicted octanol–water partition coefficient (Wildman–Crippen LogP) is 4.18. The van der Waals surface area contributed by atoms with Crippen molar-refractivity contribution in [1.82, 2.24) is 5.32 Å². The van der Waals surface area contributed by atoms with E-state index in [9.17, 15) is 13.2 Å². The highest BCUT2D eigenvalue weighted by Crippen LogP contribution is 2.30.